The molecule has 28 heavy (non-hydrogen) atoms. The van der Waals surface area contributed by atoms with Gasteiger partial charge in [0.05, 0.1) is 23.6 Å². The van der Waals surface area contributed by atoms with Crippen molar-refractivity contribution >= 4 is 50.9 Å². The van der Waals surface area contributed by atoms with Crippen molar-refractivity contribution in [1.82, 2.24) is 9.97 Å². The van der Waals surface area contributed by atoms with Crippen LogP contribution in [-0.4, -0.2) is 34.2 Å². The number of amides is 1. The predicted octanol–water partition coefficient (Wildman–Crippen LogP) is 4.09. The lowest BCUT2D eigenvalue weighted by molar-refractivity contribution is -0.113. The molecule has 4 rings (SSSR count). The Labute approximate surface area is 170 Å². The van der Waals surface area contributed by atoms with E-state index in [2.05, 4.69) is 15.3 Å². The number of nitrogens with zero attached hydrogens (tertiary/aromatic N) is 2. The molecule has 8 heteroatoms. The number of benzene rings is 1. The van der Waals surface area contributed by atoms with E-state index < -0.39 is 5.97 Å². The first kappa shape index (κ1) is 18.9. The fraction of sp³-hybridized carbons (Fsp3) is 0.300. The summed E-state index contributed by atoms with van der Waals surface area (Å²) in [5, 5.41) is 4.76. The molecule has 0 atom stereocenters. The first-order valence-corrected chi connectivity index (χ1v) is 10.9. The Morgan fingerprint density at radius 3 is 2.96 bits per heavy atom. The summed E-state index contributed by atoms with van der Waals surface area (Å²) in [7, 11) is 0. The molecule has 1 aromatic carbocycles. The molecular weight excluding hydrogens is 394 g/mol. The Bertz CT molecular complexity index is 1050. The molecule has 0 radical (unpaired) electrons. The molecule has 0 unspecified atom stereocenters. The number of hydrogen-bond acceptors (Lipinski definition) is 7. The Balaban J connectivity index is 1.48. The number of aryl methyl sites for hydroxylation is 2. The third kappa shape index (κ3) is 3.74. The predicted molar refractivity (Wildman–Crippen MR) is 111 cm³/mol. The molecule has 1 aliphatic rings. The normalized spacial score (nSPS) is 12.8. The van der Waals surface area contributed by atoms with Crippen LogP contribution in [0.2, 0.25) is 0 Å². The molecule has 1 N–H and O–H groups in total. The average molecular weight is 414 g/mol. The van der Waals surface area contributed by atoms with Crippen molar-refractivity contribution in [2.45, 2.75) is 31.2 Å². The maximum Gasteiger partial charge on any atom is 0.340 e. The van der Waals surface area contributed by atoms with Crippen LogP contribution in [0.25, 0.3) is 10.2 Å². The first-order valence-electron chi connectivity index (χ1n) is 9.11. The SMILES string of the molecule is CCOC(=O)c1ccccc1NC(=O)CSc1ncnc2sc3c(c12)CCC3. The van der Waals surface area contributed by atoms with Crippen molar-refractivity contribution in [2.24, 2.45) is 0 Å². The van der Waals surface area contributed by atoms with Gasteiger partial charge in [0, 0.05) is 10.3 Å². The monoisotopic (exact) mass is 413 g/mol. The zero-order valence-electron chi connectivity index (χ0n) is 15.4. The van der Waals surface area contributed by atoms with E-state index in [0.29, 0.717) is 11.3 Å². The van der Waals surface area contributed by atoms with Gasteiger partial charge < -0.3 is 10.1 Å². The Morgan fingerprint density at radius 2 is 2.11 bits per heavy atom. The molecule has 144 valence electrons. The third-order valence-corrected chi connectivity index (χ3v) is 6.69. The summed E-state index contributed by atoms with van der Waals surface area (Å²) in [5.74, 6) is -0.439. The molecule has 0 fully saturated rings. The number of rotatable bonds is 6. The van der Waals surface area contributed by atoms with E-state index >= 15 is 0 Å². The fourth-order valence-corrected chi connectivity index (χ4v) is 5.43. The van der Waals surface area contributed by atoms with Crippen LogP contribution in [0.5, 0.6) is 0 Å². The summed E-state index contributed by atoms with van der Waals surface area (Å²) < 4.78 is 5.05. The molecule has 0 saturated heterocycles. The molecule has 0 saturated carbocycles. The van der Waals surface area contributed by atoms with Crippen LogP contribution in [0.4, 0.5) is 5.69 Å². The van der Waals surface area contributed by atoms with Gasteiger partial charge in [-0.1, -0.05) is 23.9 Å². The molecule has 1 aliphatic carbocycles. The minimum atomic E-state index is -0.447. The topological polar surface area (TPSA) is 81.2 Å². The van der Waals surface area contributed by atoms with Gasteiger partial charge in [-0.05, 0) is 43.9 Å². The van der Waals surface area contributed by atoms with Crippen molar-refractivity contribution in [3.63, 3.8) is 0 Å². The van der Waals surface area contributed by atoms with Crippen LogP contribution < -0.4 is 5.32 Å². The second kappa shape index (κ2) is 8.28. The van der Waals surface area contributed by atoms with Crippen molar-refractivity contribution in [1.29, 1.82) is 0 Å². The lowest BCUT2D eigenvalue weighted by Crippen LogP contribution is -2.17. The third-order valence-electron chi connectivity index (χ3n) is 4.50. The van der Waals surface area contributed by atoms with E-state index in [4.69, 9.17) is 4.74 Å². The number of anilines is 1. The van der Waals surface area contributed by atoms with Crippen LogP contribution >= 0.6 is 23.1 Å². The summed E-state index contributed by atoms with van der Waals surface area (Å²) in [6.45, 7) is 2.03. The van der Waals surface area contributed by atoms with Crippen molar-refractivity contribution < 1.29 is 14.3 Å². The maximum atomic E-state index is 12.5. The van der Waals surface area contributed by atoms with E-state index in [1.807, 2.05) is 0 Å². The van der Waals surface area contributed by atoms with E-state index in [9.17, 15) is 9.59 Å². The zero-order valence-corrected chi connectivity index (χ0v) is 17.0. The molecule has 0 bridgehead atoms. The second-order valence-electron chi connectivity index (χ2n) is 6.32. The minimum absolute atomic E-state index is 0.194. The Hall–Kier alpha value is -2.45. The molecule has 2 heterocycles. The van der Waals surface area contributed by atoms with E-state index in [-0.39, 0.29) is 18.3 Å². The number of carbonyl (C=O) groups is 2. The van der Waals surface area contributed by atoms with Gasteiger partial charge in [-0.15, -0.1) is 11.3 Å². The molecule has 2 aromatic heterocycles. The highest BCUT2D eigenvalue weighted by Crippen LogP contribution is 2.40. The van der Waals surface area contributed by atoms with Gasteiger partial charge in [0.2, 0.25) is 5.91 Å². The van der Waals surface area contributed by atoms with E-state index in [1.54, 1.807) is 48.9 Å². The number of aromatic nitrogens is 2. The largest absolute Gasteiger partial charge is 0.462 e. The maximum absolute atomic E-state index is 12.5. The lowest BCUT2D eigenvalue weighted by atomic mass is 10.2. The fourth-order valence-electron chi connectivity index (χ4n) is 3.31. The second-order valence-corrected chi connectivity index (χ2v) is 8.37. The number of ether oxygens (including phenoxy) is 1. The molecular formula is C20H19N3O3S2. The van der Waals surface area contributed by atoms with Crippen LogP contribution in [0.1, 0.15) is 34.1 Å². The summed E-state index contributed by atoms with van der Waals surface area (Å²) in [5.41, 5.74) is 2.15. The van der Waals surface area contributed by atoms with Gasteiger partial charge in [-0.25, -0.2) is 14.8 Å². The first-order chi connectivity index (χ1) is 13.7. The van der Waals surface area contributed by atoms with Crippen LogP contribution in [0, 0.1) is 0 Å². The van der Waals surface area contributed by atoms with E-state index in [0.717, 1.165) is 28.1 Å². The lowest BCUT2D eigenvalue weighted by Gasteiger charge is -2.10. The number of para-hydroxylation sites is 1. The van der Waals surface area contributed by atoms with Crippen LogP contribution in [0.15, 0.2) is 35.6 Å². The standard InChI is InChI=1S/C20H19N3O3S2/c1-2-26-20(25)12-6-3-4-8-14(12)23-16(24)10-27-18-17-13-7-5-9-15(13)28-19(17)22-11-21-18/h3-4,6,8,11H,2,5,7,9-10H2,1H3,(H,23,24). The van der Waals surface area contributed by atoms with Gasteiger partial charge >= 0.3 is 5.97 Å². The van der Waals surface area contributed by atoms with Gasteiger partial charge in [0.25, 0.3) is 0 Å². The number of thiophene rings is 1. The molecule has 0 spiro atoms. The highest BCUT2D eigenvalue weighted by molar-refractivity contribution is 8.00. The highest BCUT2D eigenvalue weighted by atomic mass is 32.2. The molecule has 6 nitrogen and oxygen atoms in total. The Morgan fingerprint density at radius 1 is 1.25 bits per heavy atom. The zero-order chi connectivity index (χ0) is 19.5. The summed E-state index contributed by atoms with van der Waals surface area (Å²) in [4.78, 5) is 35.7. The van der Waals surface area contributed by atoms with Gasteiger partial charge in [0.1, 0.15) is 16.2 Å². The number of hydrogen-bond donors (Lipinski definition) is 1. The highest BCUT2D eigenvalue weighted by Gasteiger charge is 2.22. The number of nitrogens with one attached hydrogen (secondary N) is 1. The number of carbonyl (C=O) groups excluding carboxylic acids is 2. The molecule has 1 amide bonds. The smallest absolute Gasteiger partial charge is 0.340 e. The summed E-state index contributed by atoms with van der Waals surface area (Å²) in [6.07, 6.45) is 4.88. The number of thioether (sulfide) groups is 1. The summed E-state index contributed by atoms with van der Waals surface area (Å²) in [6, 6.07) is 6.85. The van der Waals surface area contributed by atoms with Crippen LogP contribution in [-0.2, 0) is 22.4 Å². The van der Waals surface area contributed by atoms with Gasteiger partial charge in [-0.2, -0.15) is 0 Å². The number of esters is 1. The quantitative estimate of drug-likeness (QED) is 0.372. The number of fused-ring (bicyclic) bond motifs is 3. The molecule has 0 aliphatic heterocycles. The van der Waals surface area contributed by atoms with E-state index in [1.165, 1.54) is 28.6 Å². The van der Waals surface area contributed by atoms with Gasteiger partial charge in [0.15, 0.2) is 0 Å². The Kier molecular flexibility index (Phi) is 5.59. The van der Waals surface area contributed by atoms with Gasteiger partial charge in [-0.3, -0.25) is 4.79 Å². The van der Waals surface area contributed by atoms with Crippen molar-refractivity contribution in [2.75, 3.05) is 17.7 Å². The van der Waals surface area contributed by atoms with Crippen molar-refractivity contribution in [3.05, 3.63) is 46.6 Å². The molecule has 3 aromatic rings. The summed E-state index contributed by atoms with van der Waals surface area (Å²) >= 11 is 3.13. The average Bonchev–Trinajstić information content (AvgIpc) is 3.28. The van der Waals surface area contributed by atoms with Crippen LogP contribution in [0.3, 0.4) is 0 Å². The minimum Gasteiger partial charge on any atom is -0.462 e. The van der Waals surface area contributed by atoms with Crippen molar-refractivity contribution in [3.8, 4) is 0 Å².